The van der Waals surface area contributed by atoms with Gasteiger partial charge in [-0.05, 0) is 25.0 Å². The maximum absolute atomic E-state index is 11.9. The van der Waals surface area contributed by atoms with Crippen LogP contribution in [0.15, 0.2) is 24.4 Å². The van der Waals surface area contributed by atoms with Crippen molar-refractivity contribution in [3.63, 3.8) is 0 Å². The molecule has 1 atom stereocenters. The fraction of sp³-hybridized carbons (Fsp3) is 0.562. The smallest absolute Gasteiger partial charge is 0.222 e. The summed E-state index contributed by atoms with van der Waals surface area (Å²) in [6.45, 7) is 3.69. The van der Waals surface area contributed by atoms with E-state index in [4.69, 9.17) is 4.74 Å². The highest BCUT2D eigenvalue weighted by Gasteiger charge is 2.21. The molecule has 0 saturated carbocycles. The van der Waals surface area contributed by atoms with E-state index in [0.29, 0.717) is 26.1 Å². The van der Waals surface area contributed by atoms with E-state index in [2.05, 4.69) is 10.3 Å². The summed E-state index contributed by atoms with van der Waals surface area (Å²) in [5.74, 6) is -0.0998. The summed E-state index contributed by atoms with van der Waals surface area (Å²) in [7, 11) is 0. The van der Waals surface area contributed by atoms with E-state index in [0.717, 1.165) is 25.1 Å². The molecule has 1 fully saturated rings. The Hall–Kier alpha value is -1.95. The molecule has 0 spiro atoms. The molecule has 1 unspecified atom stereocenters. The van der Waals surface area contributed by atoms with Crippen molar-refractivity contribution in [3.8, 4) is 0 Å². The van der Waals surface area contributed by atoms with E-state index in [1.165, 1.54) is 6.92 Å². The Morgan fingerprint density at radius 3 is 2.95 bits per heavy atom. The minimum Gasteiger partial charge on any atom is -0.376 e. The van der Waals surface area contributed by atoms with Crippen LogP contribution in [-0.4, -0.2) is 47.5 Å². The average molecular weight is 305 g/mol. The molecular weight excluding hydrogens is 282 g/mol. The number of carbonyl (C=O) groups excluding carboxylic acids is 2. The van der Waals surface area contributed by atoms with Crippen molar-refractivity contribution in [2.45, 2.75) is 38.8 Å². The molecule has 0 aromatic carbocycles. The van der Waals surface area contributed by atoms with E-state index < -0.39 is 0 Å². The van der Waals surface area contributed by atoms with Gasteiger partial charge < -0.3 is 15.0 Å². The van der Waals surface area contributed by atoms with Crippen LogP contribution in [0.4, 0.5) is 0 Å². The molecule has 0 radical (unpaired) electrons. The number of nitrogens with zero attached hydrogens (tertiary/aromatic N) is 2. The molecule has 2 amide bonds. The molecule has 1 saturated heterocycles. The van der Waals surface area contributed by atoms with E-state index >= 15 is 0 Å². The van der Waals surface area contributed by atoms with Crippen LogP contribution >= 0.6 is 0 Å². The van der Waals surface area contributed by atoms with Crippen molar-refractivity contribution >= 4 is 11.8 Å². The predicted molar refractivity (Wildman–Crippen MR) is 81.9 cm³/mol. The van der Waals surface area contributed by atoms with Gasteiger partial charge in [0, 0.05) is 39.2 Å². The molecule has 1 aromatic rings. The largest absolute Gasteiger partial charge is 0.376 e. The maximum atomic E-state index is 11.9. The molecule has 1 aliphatic rings. The summed E-state index contributed by atoms with van der Waals surface area (Å²) in [6.07, 6.45) is 4.12. The van der Waals surface area contributed by atoms with Crippen LogP contribution in [0.5, 0.6) is 0 Å². The van der Waals surface area contributed by atoms with Gasteiger partial charge in [-0.15, -0.1) is 0 Å². The number of ether oxygens (including phenoxy) is 1. The lowest BCUT2D eigenvalue weighted by atomic mass is 10.2. The number of hydrogen-bond donors (Lipinski definition) is 1. The Bertz CT molecular complexity index is 487. The highest BCUT2D eigenvalue weighted by molar-refractivity contribution is 5.78. The second kappa shape index (κ2) is 8.48. The third kappa shape index (κ3) is 5.44. The molecule has 1 N–H and O–H groups in total. The van der Waals surface area contributed by atoms with Crippen LogP contribution in [0, 0.1) is 0 Å². The maximum Gasteiger partial charge on any atom is 0.222 e. The standard InChI is InChI=1S/C16H23N3O3/c1-13(20)19(12-15-6-4-10-22-15)9-7-16(21)18-11-14-5-2-3-8-17-14/h2-3,5,8,15H,4,6-7,9-12H2,1H3,(H,18,21). The fourth-order valence-corrected chi connectivity index (χ4v) is 2.43. The lowest BCUT2D eigenvalue weighted by Gasteiger charge is -2.23. The van der Waals surface area contributed by atoms with E-state index in [9.17, 15) is 9.59 Å². The van der Waals surface area contributed by atoms with Gasteiger partial charge in [-0.1, -0.05) is 6.07 Å². The molecule has 6 nitrogen and oxygen atoms in total. The monoisotopic (exact) mass is 305 g/mol. The normalized spacial score (nSPS) is 17.2. The SMILES string of the molecule is CC(=O)N(CCC(=O)NCc1ccccn1)CC1CCCO1. The Morgan fingerprint density at radius 1 is 1.45 bits per heavy atom. The summed E-state index contributed by atoms with van der Waals surface area (Å²) in [5.41, 5.74) is 0.818. The van der Waals surface area contributed by atoms with Gasteiger partial charge in [0.15, 0.2) is 0 Å². The van der Waals surface area contributed by atoms with E-state index in [1.54, 1.807) is 11.1 Å². The number of rotatable bonds is 7. The second-order valence-corrected chi connectivity index (χ2v) is 5.45. The molecule has 2 rings (SSSR count). The number of hydrogen-bond acceptors (Lipinski definition) is 4. The lowest BCUT2D eigenvalue weighted by Crippen LogP contribution is -2.38. The van der Waals surface area contributed by atoms with Crippen molar-refractivity contribution in [2.75, 3.05) is 19.7 Å². The number of pyridine rings is 1. The number of aromatic nitrogens is 1. The third-order valence-corrected chi connectivity index (χ3v) is 3.69. The van der Waals surface area contributed by atoms with Crippen LogP contribution in [0.2, 0.25) is 0 Å². The van der Waals surface area contributed by atoms with Gasteiger partial charge >= 0.3 is 0 Å². The van der Waals surface area contributed by atoms with Gasteiger partial charge in [-0.25, -0.2) is 0 Å². The van der Waals surface area contributed by atoms with Crippen molar-refractivity contribution in [2.24, 2.45) is 0 Å². The van der Waals surface area contributed by atoms with Crippen molar-refractivity contribution in [3.05, 3.63) is 30.1 Å². The van der Waals surface area contributed by atoms with Crippen molar-refractivity contribution < 1.29 is 14.3 Å². The van der Waals surface area contributed by atoms with Gasteiger partial charge in [0.2, 0.25) is 11.8 Å². The van der Waals surface area contributed by atoms with E-state index in [1.807, 2.05) is 18.2 Å². The number of amides is 2. The fourth-order valence-electron chi connectivity index (χ4n) is 2.43. The summed E-state index contributed by atoms with van der Waals surface area (Å²) in [6, 6.07) is 5.58. The lowest BCUT2D eigenvalue weighted by molar-refractivity contribution is -0.131. The average Bonchev–Trinajstić information content (AvgIpc) is 3.03. The van der Waals surface area contributed by atoms with Crippen LogP contribution in [-0.2, 0) is 20.9 Å². The number of nitrogens with one attached hydrogen (secondary N) is 1. The second-order valence-electron chi connectivity index (χ2n) is 5.45. The predicted octanol–water partition coefficient (Wildman–Crippen LogP) is 1.12. The first-order chi connectivity index (χ1) is 10.6. The Morgan fingerprint density at radius 2 is 2.32 bits per heavy atom. The topological polar surface area (TPSA) is 71.5 Å². The minimum atomic E-state index is -0.0794. The van der Waals surface area contributed by atoms with Crippen LogP contribution in [0.25, 0.3) is 0 Å². The molecule has 120 valence electrons. The third-order valence-electron chi connectivity index (χ3n) is 3.69. The minimum absolute atomic E-state index is 0.0203. The summed E-state index contributed by atoms with van der Waals surface area (Å²) >= 11 is 0. The molecule has 2 heterocycles. The Kier molecular flexibility index (Phi) is 6.33. The first-order valence-corrected chi connectivity index (χ1v) is 7.69. The molecular formula is C16H23N3O3. The molecule has 0 bridgehead atoms. The van der Waals surface area contributed by atoms with Crippen LogP contribution < -0.4 is 5.32 Å². The summed E-state index contributed by atoms with van der Waals surface area (Å²) < 4.78 is 5.54. The molecule has 0 aliphatic carbocycles. The van der Waals surface area contributed by atoms with Crippen LogP contribution in [0.3, 0.4) is 0 Å². The zero-order chi connectivity index (χ0) is 15.8. The Labute approximate surface area is 130 Å². The summed E-state index contributed by atoms with van der Waals surface area (Å²) in [5, 5.41) is 2.82. The summed E-state index contributed by atoms with van der Waals surface area (Å²) in [4.78, 5) is 29.4. The first-order valence-electron chi connectivity index (χ1n) is 7.69. The van der Waals surface area contributed by atoms with Gasteiger partial charge in [-0.3, -0.25) is 14.6 Å². The van der Waals surface area contributed by atoms with Crippen LogP contribution in [0.1, 0.15) is 31.9 Å². The highest BCUT2D eigenvalue weighted by Crippen LogP contribution is 2.13. The zero-order valence-corrected chi connectivity index (χ0v) is 13.0. The Balaban J connectivity index is 1.71. The van der Waals surface area contributed by atoms with Crippen molar-refractivity contribution in [1.82, 2.24) is 15.2 Å². The highest BCUT2D eigenvalue weighted by atomic mass is 16.5. The quantitative estimate of drug-likeness (QED) is 0.819. The number of carbonyl (C=O) groups is 2. The molecule has 6 heteroatoms. The van der Waals surface area contributed by atoms with Gasteiger partial charge in [0.1, 0.15) is 0 Å². The van der Waals surface area contributed by atoms with Gasteiger partial charge in [0.05, 0.1) is 18.3 Å². The van der Waals surface area contributed by atoms with E-state index in [-0.39, 0.29) is 17.9 Å². The molecule has 22 heavy (non-hydrogen) atoms. The molecule has 1 aromatic heterocycles. The zero-order valence-electron chi connectivity index (χ0n) is 13.0. The molecule has 1 aliphatic heterocycles. The van der Waals surface area contributed by atoms with Gasteiger partial charge in [-0.2, -0.15) is 0 Å². The first kappa shape index (κ1) is 16.4. The van der Waals surface area contributed by atoms with Crippen molar-refractivity contribution in [1.29, 1.82) is 0 Å². The van der Waals surface area contributed by atoms with Gasteiger partial charge in [0.25, 0.3) is 0 Å².